The fourth-order valence-corrected chi connectivity index (χ4v) is 1.01. The monoisotopic (exact) mass is 292 g/mol. The van der Waals surface area contributed by atoms with Gasteiger partial charge in [0.25, 0.3) is 0 Å². The quantitative estimate of drug-likeness (QED) is 0.421. The van der Waals surface area contributed by atoms with E-state index in [9.17, 15) is 14.4 Å². The summed E-state index contributed by atoms with van der Waals surface area (Å²) in [5, 5.41) is 8.48. The van der Waals surface area contributed by atoms with Crippen molar-refractivity contribution < 1.29 is 33.7 Å². The molecule has 0 saturated heterocycles. The molecule has 0 aromatic heterocycles. The van der Waals surface area contributed by atoms with Crippen LogP contribution in [0.4, 0.5) is 0 Å². The van der Waals surface area contributed by atoms with E-state index in [1.165, 1.54) is 21.1 Å². The summed E-state index contributed by atoms with van der Waals surface area (Å²) in [6.07, 6.45) is 1.08. The van der Waals surface area contributed by atoms with Crippen LogP contribution in [0.1, 0.15) is 39.5 Å². The number of unbranched alkanes of at least 4 members (excludes halogenated alkanes) is 1. The Kier molecular flexibility index (Phi) is 14.3. The van der Waals surface area contributed by atoms with Gasteiger partial charge in [0, 0.05) is 12.8 Å². The summed E-state index contributed by atoms with van der Waals surface area (Å²) in [5.74, 6) is -1.03. The maximum atomic E-state index is 10.6. The van der Waals surface area contributed by atoms with Crippen LogP contribution in [-0.4, -0.2) is 49.9 Å². The fraction of sp³-hybridized carbons (Fsp3) is 0.769. The van der Waals surface area contributed by atoms with Gasteiger partial charge in [-0.3, -0.25) is 9.59 Å². The average Bonchev–Trinajstić information content (AvgIpc) is 2.43. The van der Waals surface area contributed by atoms with E-state index in [0.29, 0.717) is 32.3 Å². The minimum Gasteiger partial charge on any atom is -0.469 e. The molecule has 1 N–H and O–H groups in total. The molecule has 1 unspecified atom stereocenters. The van der Waals surface area contributed by atoms with E-state index >= 15 is 0 Å². The summed E-state index contributed by atoms with van der Waals surface area (Å²) >= 11 is 0. The molecular weight excluding hydrogens is 268 g/mol. The number of carbonyl (C=O) groups is 3. The van der Waals surface area contributed by atoms with Gasteiger partial charge in [0.1, 0.15) is 6.10 Å². The molecule has 0 radical (unpaired) electrons. The third-order valence-electron chi connectivity index (χ3n) is 2.09. The number of aliphatic hydroxyl groups is 1. The Morgan fingerprint density at radius 1 is 1.00 bits per heavy atom. The van der Waals surface area contributed by atoms with Gasteiger partial charge in [-0.25, -0.2) is 4.79 Å². The molecule has 7 nitrogen and oxygen atoms in total. The maximum absolute atomic E-state index is 10.6. The highest BCUT2D eigenvalue weighted by Gasteiger charge is 2.07. The highest BCUT2D eigenvalue weighted by molar-refractivity contribution is 5.73. The zero-order valence-corrected chi connectivity index (χ0v) is 12.5. The largest absolute Gasteiger partial charge is 0.469 e. The first-order valence-corrected chi connectivity index (χ1v) is 6.37. The number of aliphatic hydroxyl groups excluding tert-OH is 1. The standard InChI is InChI=1S/C8H14O4.C5H10O3/c1-11-7(9)5-3-4-6-8(10)12-2;1-3-8-5(7)4(2)6/h3-6H2,1-2H3;4,6H,3H2,1-2H3. The van der Waals surface area contributed by atoms with Crippen molar-refractivity contribution in [3.8, 4) is 0 Å². The lowest BCUT2D eigenvalue weighted by molar-refractivity contribution is -0.152. The zero-order chi connectivity index (χ0) is 16.0. The van der Waals surface area contributed by atoms with Crippen LogP contribution in [0.3, 0.4) is 0 Å². The number of esters is 3. The SMILES string of the molecule is CCOC(=O)C(C)O.COC(=O)CCCCC(=O)OC. The lowest BCUT2D eigenvalue weighted by Crippen LogP contribution is -2.18. The van der Waals surface area contributed by atoms with Crippen molar-refractivity contribution in [2.75, 3.05) is 20.8 Å². The lowest BCUT2D eigenvalue weighted by Gasteiger charge is -2.01. The summed E-state index contributed by atoms with van der Waals surface area (Å²) < 4.78 is 13.3. The number of carbonyl (C=O) groups excluding carboxylic acids is 3. The molecule has 0 spiro atoms. The van der Waals surface area contributed by atoms with Gasteiger partial charge in [0.05, 0.1) is 20.8 Å². The third-order valence-corrected chi connectivity index (χ3v) is 2.09. The van der Waals surface area contributed by atoms with E-state index in [1.807, 2.05) is 0 Å². The van der Waals surface area contributed by atoms with E-state index in [1.54, 1.807) is 6.92 Å². The van der Waals surface area contributed by atoms with Crippen LogP contribution in [0.25, 0.3) is 0 Å². The Morgan fingerprint density at radius 2 is 1.40 bits per heavy atom. The van der Waals surface area contributed by atoms with Crippen LogP contribution < -0.4 is 0 Å². The second-order valence-electron chi connectivity index (χ2n) is 3.79. The van der Waals surface area contributed by atoms with Gasteiger partial charge in [0.2, 0.25) is 0 Å². The van der Waals surface area contributed by atoms with Gasteiger partial charge in [-0.05, 0) is 26.7 Å². The first-order valence-electron chi connectivity index (χ1n) is 6.37. The first kappa shape index (κ1) is 20.7. The molecule has 0 aliphatic carbocycles. The fourth-order valence-electron chi connectivity index (χ4n) is 1.01. The van der Waals surface area contributed by atoms with Gasteiger partial charge < -0.3 is 19.3 Å². The second-order valence-corrected chi connectivity index (χ2v) is 3.79. The summed E-state index contributed by atoms with van der Waals surface area (Å²) in [4.78, 5) is 31.4. The predicted molar refractivity (Wildman–Crippen MR) is 70.8 cm³/mol. The van der Waals surface area contributed by atoms with Crippen LogP contribution in [0.2, 0.25) is 0 Å². The number of rotatable bonds is 7. The molecule has 0 aromatic carbocycles. The van der Waals surface area contributed by atoms with Gasteiger partial charge in [-0.15, -0.1) is 0 Å². The van der Waals surface area contributed by atoms with Crippen molar-refractivity contribution in [2.45, 2.75) is 45.6 Å². The Hall–Kier alpha value is -1.63. The first-order chi connectivity index (χ1) is 9.38. The molecule has 0 aliphatic heterocycles. The van der Waals surface area contributed by atoms with Crippen LogP contribution >= 0.6 is 0 Å². The highest BCUT2D eigenvalue weighted by atomic mass is 16.5. The molecule has 7 heteroatoms. The molecule has 0 fully saturated rings. The van der Waals surface area contributed by atoms with E-state index in [0.717, 1.165) is 0 Å². The van der Waals surface area contributed by atoms with E-state index in [2.05, 4.69) is 14.2 Å². The molecule has 0 aliphatic rings. The Labute approximate surface area is 119 Å². The van der Waals surface area contributed by atoms with Crippen molar-refractivity contribution in [3.63, 3.8) is 0 Å². The number of ether oxygens (including phenoxy) is 3. The Balaban J connectivity index is 0. The number of hydrogen-bond acceptors (Lipinski definition) is 7. The molecule has 0 amide bonds. The van der Waals surface area contributed by atoms with Crippen molar-refractivity contribution in [2.24, 2.45) is 0 Å². The molecule has 118 valence electrons. The van der Waals surface area contributed by atoms with E-state index in [-0.39, 0.29) is 11.9 Å². The van der Waals surface area contributed by atoms with Crippen LogP contribution in [0.5, 0.6) is 0 Å². The molecule has 0 heterocycles. The molecule has 1 atom stereocenters. The van der Waals surface area contributed by atoms with Crippen LogP contribution in [0, 0.1) is 0 Å². The molecule has 20 heavy (non-hydrogen) atoms. The maximum Gasteiger partial charge on any atom is 0.334 e. The molecule has 0 rings (SSSR count). The van der Waals surface area contributed by atoms with Gasteiger partial charge in [-0.1, -0.05) is 0 Å². The van der Waals surface area contributed by atoms with Gasteiger partial charge in [-0.2, -0.15) is 0 Å². The topological polar surface area (TPSA) is 99.1 Å². The smallest absolute Gasteiger partial charge is 0.334 e. The Morgan fingerprint density at radius 3 is 1.60 bits per heavy atom. The van der Waals surface area contributed by atoms with Crippen molar-refractivity contribution in [3.05, 3.63) is 0 Å². The van der Waals surface area contributed by atoms with Gasteiger partial charge >= 0.3 is 17.9 Å². The predicted octanol–water partition coefficient (Wildman–Crippen LogP) is 0.823. The minimum atomic E-state index is -0.991. The molecular formula is C13H24O7. The summed E-state index contributed by atoms with van der Waals surface area (Å²) in [6, 6.07) is 0. The van der Waals surface area contributed by atoms with E-state index < -0.39 is 12.1 Å². The summed E-state index contributed by atoms with van der Waals surface area (Å²) in [5.41, 5.74) is 0. The second kappa shape index (κ2) is 13.8. The van der Waals surface area contributed by atoms with E-state index in [4.69, 9.17) is 5.11 Å². The summed E-state index contributed by atoms with van der Waals surface area (Å²) in [7, 11) is 2.70. The van der Waals surface area contributed by atoms with Crippen molar-refractivity contribution in [1.29, 1.82) is 0 Å². The van der Waals surface area contributed by atoms with Crippen molar-refractivity contribution >= 4 is 17.9 Å². The number of methoxy groups -OCH3 is 2. The Bertz CT molecular complexity index is 268. The molecule has 0 saturated carbocycles. The normalized spacial score (nSPS) is 10.7. The number of hydrogen-bond donors (Lipinski definition) is 1. The van der Waals surface area contributed by atoms with Crippen LogP contribution in [0.15, 0.2) is 0 Å². The minimum absolute atomic E-state index is 0.236. The molecule has 0 aromatic rings. The van der Waals surface area contributed by atoms with Gasteiger partial charge in [0.15, 0.2) is 0 Å². The van der Waals surface area contributed by atoms with Crippen molar-refractivity contribution in [1.82, 2.24) is 0 Å². The molecule has 0 bridgehead atoms. The summed E-state index contributed by atoms with van der Waals surface area (Å²) in [6.45, 7) is 3.39. The highest BCUT2D eigenvalue weighted by Crippen LogP contribution is 2.01. The zero-order valence-electron chi connectivity index (χ0n) is 12.5. The lowest BCUT2D eigenvalue weighted by atomic mass is 10.2. The van der Waals surface area contributed by atoms with Crippen LogP contribution in [-0.2, 0) is 28.6 Å². The third kappa shape index (κ3) is 14.4. The average molecular weight is 292 g/mol.